The van der Waals surface area contributed by atoms with E-state index in [1.54, 1.807) is 19.2 Å². The number of nitrogens with zero attached hydrogens (tertiary/aromatic N) is 2. The maximum atomic E-state index is 14.3. The molecule has 32 heavy (non-hydrogen) atoms. The van der Waals surface area contributed by atoms with Gasteiger partial charge in [-0.05, 0) is 62.2 Å². The van der Waals surface area contributed by atoms with Gasteiger partial charge >= 0.3 is 0 Å². The molecule has 6 nitrogen and oxygen atoms in total. The maximum absolute atomic E-state index is 14.3. The summed E-state index contributed by atoms with van der Waals surface area (Å²) in [4.78, 5) is 21.5. The topological polar surface area (TPSA) is 73.3 Å². The molecule has 1 N–H and O–H groups in total. The number of anilines is 1. The van der Waals surface area contributed by atoms with Crippen molar-refractivity contribution in [1.29, 1.82) is 0 Å². The van der Waals surface area contributed by atoms with Gasteiger partial charge in [0.05, 0.1) is 31.5 Å². The van der Waals surface area contributed by atoms with E-state index in [2.05, 4.69) is 15.3 Å². The molecule has 0 bridgehead atoms. The predicted molar refractivity (Wildman–Crippen MR) is 115 cm³/mol. The highest BCUT2D eigenvalue weighted by molar-refractivity contribution is 5.96. The summed E-state index contributed by atoms with van der Waals surface area (Å²) in [5.41, 5.74) is 1.02. The molecule has 2 aromatic carbocycles. The number of carbonyl (C=O) groups is 1. The van der Waals surface area contributed by atoms with Crippen molar-refractivity contribution in [2.45, 2.75) is 25.7 Å². The number of carbonyl (C=O) groups excluding carboxylic acids is 1. The highest BCUT2D eigenvalue weighted by atomic mass is 19.1. The van der Waals surface area contributed by atoms with Crippen molar-refractivity contribution in [3.8, 4) is 11.5 Å². The second kappa shape index (κ2) is 8.53. The van der Waals surface area contributed by atoms with E-state index in [4.69, 9.17) is 9.47 Å². The largest absolute Gasteiger partial charge is 0.497 e. The average Bonchev–Trinajstić information content (AvgIpc) is 3.50. The van der Waals surface area contributed by atoms with Crippen LogP contribution >= 0.6 is 0 Å². The van der Waals surface area contributed by atoms with Gasteiger partial charge < -0.3 is 14.8 Å². The summed E-state index contributed by atoms with van der Waals surface area (Å²) in [5, 5.41) is 2.80. The summed E-state index contributed by atoms with van der Waals surface area (Å²) >= 11 is 0. The second-order valence-electron chi connectivity index (χ2n) is 7.94. The molecular weight excluding hydrogens is 416 g/mol. The Morgan fingerprint density at radius 3 is 2.59 bits per heavy atom. The van der Waals surface area contributed by atoms with Gasteiger partial charge in [-0.3, -0.25) is 4.79 Å². The second-order valence-corrected chi connectivity index (χ2v) is 7.94. The van der Waals surface area contributed by atoms with Gasteiger partial charge in [-0.25, -0.2) is 18.7 Å². The van der Waals surface area contributed by atoms with Crippen LogP contribution in [0.4, 0.5) is 14.5 Å². The lowest BCUT2D eigenvalue weighted by Crippen LogP contribution is -2.27. The normalized spacial score (nSPS) is 19.3. The molecule has 1 aromatic heterocycles. The van der Waals surface area contributed by atoms with Crippen LogP contribution in [-0.2, 0) is 10.2 Å². The summed E-state index contributed by atoms with van der Waals surface area (Å²) in [6.45, 7) is 3.73. The highest BCUT2D eigenvalue weighted by Crippen LogP contribution is 2.55. The van der Waals surface area contributed by atoms with Crippen molar-refractivity contribution in [2.75, 3.05) is 19.0 Å². The van der Waals surface area contributed by atoms with Crippen LogP contribution in [-0.4, -0.2) is 29.6 Å². The zero-order valence-electron chi connectivity index (χ0n) is 18.0. The number of benzene rings is 2. The van der Waals surface area contributed by atoms with Gasteiger partial charge in [0.1, 0.15) is 23.2 Å². The van der Waals surface area contributed by atoms with E-state index < -0.39 is 17.2 Å². The fraction of sp³-hybridized carbons (Fsp3) is 0.292. The van der Waals surface area contributed by atoms with Crippen LogP contribution in [0, 0.1) is 31.4 Å². The van der Waals surface area contributed by atoms with E-state index in [1.807, 2.05) is 6.92 Å². The number of aromatic nitrogens is 2. The average molecular weight is 439 g/mol. The van der Waals surface area contributed by atoms with E-state index in [9.17, 15) is 13.6 Å². The number of halogens is 2. The van der Waals surface area contributed by atoms with Crippen molar-refractivity contribution in [1.82, 2.24) is 9.97 Å². The number of aryl methyl sites for hydroxylation is 2. The summed E-state index contributed by atoms with van der Waals surface area (Å²) in [5.74, 6) is -0.0759. The van der Waals surface area contributed by atoms with Crippen LogP contribution in [0.3, 0.4) is 0 Å². The number of amides is 1. The van der Waals surface area contributed by atoms with Crippen molar-refractivity contribution >= 4 is 11.6 Å². The fourth-order valence-corrected chi connectivity index (χ4v) is 3.86. The van der Waals surface area contributed by atoms with Crippen molar-refractivity contribution < 1.29 is 23.0 Å². The Labute approximate surface area is 184 Å². The number of hydrogen-bond donors (Lipinski definition) is 1. The molecule has 0 radical (unpaired) electrons. The predicted octanol–water partition coefficient (Wildman–Crippen LogP) is 4.36. The Hall–Kier alpha value is -3.55. The highest BCUT2D eigenvalue weighted by Gasteiger charge is 2.60. The van der Waals surface area contributed by atoms with Gasteiger partial charge in [0.25, 0.3) is 0 Å². The van der Waals surface area contributed by atoms with Crippen LogP contribution in [0.25, 0.3) is 0 Å². The number of ether oxygens (including phenoxy) is 2. The molecule has 0 aliphatic heterocycles. The molecule has 3 aromatic rings. The van der Waals surface area contributed by atoms with Crippen LogP contribution in [0.15, 0.2) is 48.7 Å². The lowest BCUT2D eigenvalue weighted by atomic mass is 9.93. The molecule has 2 atom stereocenters. The fourth-order valence-electron chi connectivity index (χ4n) is 3.86. The molecule has 0 spiro atoms. The van der Waals surface area contributed by atoms with Gasteiger partial charge in [0, 0.05) is 17.2 Å². The third-order valence-corrected chi connectivity index (χ3v) is 5.73. The Kier molecular flexibility index (Phi) is 5.78. The van der Waals surface area contributed by atoms with E-state index in [0.29, 0.717) is 40.7 Å². The molecule has 1 fully saturated rings. The van der Waals surface area contributed by atoms with Crippen LogP contribution in [0.1, 0.15) is 23.5 Å². The summed E-state index contributed by atoms with van der Waals surface area (Å²) in [7, 11) is 1.46. The minimum absolute atomic E-state index is 0.133. The Morgan fingerprint density at radius 2 is 1.91 bits per heavy atom. The Balaban J connectivity index is 1.61. The SMILES string of the molecule is COc1cc(F)cc(C2(COc3cnc(C)nc3C)CC2C(=O)Nc2ccc(F)cc2)c1. The van der Waals surface area contributed by atoms with Crippen molar-refractivity contribution in [3.05, 3.63) is 77.4 Å². The van der Waals surface area contributed by atoms with Gasteiger partial charge in [0.15, 0.2) is 5.75 Å². The first-order chi connectivity index (χ1) is 15.3. The molecule has 166 valence electrons. The van der Waals surface area contributed by atoms with Gasteiger partial charge in [0.2, 0.25) is 5.91 Å². The van der Waals surface area contributed by atoms with E-state index in [-0.39, 0.29) is 18.3 Å². The van der Waals surface area contributed by atoms with Crippen molar-refractivity contribution in [3.63, 3.8) is 0 Å². The third kappa shape index (κ3) is 4.39. The minimum Gasteiger partial charge on any atom is -0.497 e. The first-order valence-electron chi connectivity index (χ1n) is 10.2. The molecule has 2 unspecified atom stereocenters. The van der Waals surface area contributed by atoms with Gasteiger partial charge in [-0.2, -0.15) is 0 Å². The monoisotopic (exact) mass is 439 g/mol. The molecular formula is C24H23F2N3O3. The van der Waals surface area contributed by atoms with Crippen LogP contribution in [0.2, 0.25) is 0 Å². The quantitative estimate of drug-likeness (QED) is 0.592. The van der Waals surface area contributed by atoms with Gasteiger partial charge in [-0.15, -0.1) is 0 Å². The third-order valence-electron chi connectivity index (χ3n) is 5.73. The van der Waals surface area contributed by atoms with Crippen LogP contribution in [0.5, 0.6) is 11.5 Å². The number of rotatable bonds is 7. The molecule has 1 heterocycles. The Morgan fingerprint density at radius 1 is 1.16 bits per heavy atom. The molecule has 1 aliphatic rings. The first kappa shape index (κ1) is 21.7. The van der Waals surface area contributed by atoms with Crippen LogP contribution < -0.4 is 14.8 Å². The Bertz CT molecular complexity index is 1150. The van der Waals surface area contributed by atoms with Crippen molar-refractivity contribution in [2.24, 2.45) is 5.92 Å². The number of methoxy groups -OCH3 is 1. The number of hydrogen-bond acceptors (Lipinski definition) is 5. The summed E-state index contributed by atoms with van der Waals surface area (Å²) in [6.07, 6.45) is 2.05. The zero-order valence-corrected chi connectivity index (χ0v) is 18.0. The standard InChI is InChI=1S/C24H23F2N3O3/c1-14-22(12-27-15(2)28-14)32-13-24(16-8-18(26)10-20(9-16)31-3)11-21(24)23(30)29-19-6-4-17(25)5-7-19/h4-10,12,21H,11,13H2,1-3H3,(H,29,30). The smallest absolute Gasteiger partial charge is 0.228 e. The molecule has 1 saturated carbocycles. The van der Waals surface area contributed by atoms with E-state index in [1.165, 1.54) is 43.5 Å². The lowest BCUT2D eigenvalue weighted by Gasteiger charge is -2.20. The molecule has 8 heteroatoms. The minimum atomic E-state index is -0.753. The number of nitrogens with one attached hydrogen (secondary N) is 1. The summed E-state index contributed by atoms with van der Waals surface area (Å²) in [6, 6.07) is 9.93. The molecule has 1 aliphatic carbocycles. The molecule has 0 saturated heterocycles. The maximum Gasteiger partial charge on any atom is 0.228 e. The first-order valence-corrected chi connectivity index (χ1v) is 10.2. The van der Waals surface area contributed by atoms with E-state index >= 15 is 0 Å². The lowest BCUT2D eigenvalue weighted by molar-refractivity contribution is -0.117. The van der Waals surface area contributed by atoms with Gasteiger partial charge in [-0.1, -0.05) is 0 Å². The van der Waals surface area contributed by atoms with E-state index in [0.717, 1.165) is 0 Å². The summed E-state index contributed by atoms with van der Waals surface area (Å²) < 4.78 is 38.7. The molecule has 4 rings (SSSR count). The molecule has 1 amide bonds. The zero-order chi connectivity index (χ0) is 22.9.